The lowest BCUT2D eigenvalue weighted by Gasteiger charge is -2.10. The van der Waals surface area contributed by atoms with Gasteiger partial charge in [-0.1, -0.05) is 6.92 Å². The summed E-state index contributed by atoms with van der Waals surface area (Å²) >= 11 is 0. The highest BCUT2D eigenvalue weighted by molar-refractivity contribution is 5.93. The van der Waals surface area contributed by atoms with Gasteiger partial charge >= 0.3 is 6.18 Å². The lowest BCUT2D eigenvalue weighted by atomic mass is 10.2. The number of hydrogen-bond donors (Lipinski definition) is 1. The number of aromatic nitrogens is 3. The van der Waals surface area contributed by atoms with Gasteiger partial charge < -0.3 is 5.32 Å². The molecule has 0 aliphatic heterocycles. The van der Waals surface area contributed by atoms with Crippen molar-refractivity contribution in [3.8, 4) is 0 Å². The Morgan fingerprint density at radius 1 is 1.43 bits per heavy atom. The highest BCUT2D eigenvalue weighted by atomic mass is 19.4. The minimum absolute atomic E-state index is 0.00312. The lowest BCUT2D eigenvalue weighted by molar-refractivity contribution is -0.142. The van der Waals surface area contributed by atoms with Gasteiger partial charge in [-0.3, -0.25) is 4.79 Å². The number of alkyl halides is 3. The van der Waals surface area contributed by atoms with Crippen LogP contribution in [0, 0.1) is 6.92 Å². The van der Waals surface area contributed by atoms with Crippen LogP contribution >= 0.6 is 0 Å². The molecule has 114 valence electrons. The minimum Gasteiger partial charge on any atom is -0.348 e. The SMILES string of the molecule is CCC(C)NC(=O)c1cc2nc(C)cc(C(F)(F)F)n2n1. The molecule has 0 spiro atoms. The first-order chi connectivity index (χ1) is 9.72. The maximum absolute atomic E-state index is 13.0. The van der Waals surface area contributed by atoms with Gasteiger partial charge in [0.1, 0.15) is 5.69 Å². The topological polar surface area (TPSA) is 59.3 Å². The summed E-state index contributed by atoms with van der Waals surface area (Å²) in [6.07, 6.45) is -3.85. The smallest absolute Gasteiger partial charge is 0.348 e. The fourth-order valence-corrected chi connectivity index (χ4v) is 1.81. The van der Waals surface area contributed by atoms with Crippen molar-refractivity contribution in [3.63, 3.8) is 0 Å². The highest BCUT2D eigenvalue weighted by Gasteiger charge is 2.35. The summed E-state index contributed by atoms with van der Waals surface area (Å²) in [5.74, 6) is -0.513. The third kappa shape index (κ3) is 3.14. The summed E-state index contributed by atoms with van der Waals surface area (Å²) in [7, 11) is 0. The van der Waals surface area contributed by atoms with Crippen molar-refractivity contribution in [1.82, 2.24) is 19.9 Å². The number of amides is 1. The van der Waals surface area contributed by atoms with Crippen LogP contribution in [0.3, 0.4) is 0 Å². The Balaban J connectivity index is 2.49. The molecule has 2 heterocycles. The van der Waals surface area contributed by atoms with Gasteiger partial charge in [0, 0.05) is 17.8 Å². The van der Waals surface area contributed by atoms with Gasteiger partial charge in [0.15, 0.2) is 11.3 Å². The number of hydrogen-bond acceptors (Lipinski definition) is 3. The van der Waals surface area contributed by atoms with Crippen LogP contribution in [0.25, 0.3) is 5.65 Å². The normalized spacial score (nSPS) is 13.4. The average molecular weight is 300 g/mol. The van der Waals surface area contributed by atoms with Gasteiger partial charge in [0.25, 0.3) is 5.91 Å². The van der Waals surface area contributed by atoms with Crippen molar-refractivity contribution in [2.24, 2.45) is 0 Å². The van der Waals surface area contributed by atoms with Crippen LogP contribution in [0.15, 0.2) is 12.1 Å². The quantitative estimate of drug-likeness (QED) is 0.948. The van der Waals surface area contributed by atoms with Crippen molar-refractivity contribution in [2.45, 2.75) is 39.4 Å². The zero-order valence-electron chi connectivity index (χ0n) is 11.8. The van der Waals surface area contributed by atoms with Gasteiger partial charge in [-0.25, -0.2) is 9.50 Å². The van der Waals surface area contributed by atoms with E-state index in [2.05, 4.69) is 15.4 Å². The molecule has 0 fully saturated rings. The van der Waals surface area contributed by atoms with Crippen LogP contribution in [-0.2, 0) is 6.18 Å². The lowest BCUT2D eigenvalue weighted by Crippen LogP contribution is -2.32. The van der Waals surface area contributed by atoms with Gasteiger partial charge in [-0.05, 0) is 26.3 Å². The van der Waals surface area contributed by atoms with Crippen LogP contribution in [0.4, 0.5) is 13.2 Å². The summed E-state index contributed by atoms with van der Waals surface area (Å²) < 4.78 is 39.6. The Labute approximate surface area is 119 Å². The van der Waals surface area contributed by atoms with Crippen LogP contribution in [0.5, 0.6) is 0 Å². The summed E-state index contributed by atoms with van der Waals surface area (Å²) in [6, 6.07) is 2.06. The number of halogens is 3. The zero-order valence-corrected chi connectivity index (χ0v) is 11.8. The zero-order chi connectivity index (χ0) is 15.8. The molecule has 5 nitrogen and oxygen atoms in total. The molecule has 0 saturated carbocycles. The van der Waals surface area contributed by atoms with E-state index in [1.807, 2.05) is 6.92 Å². The van der Waals surface area contributed by atoms with E-state index < -0.39 is 17.8 Å². The first-order valence-corrected chi connectivity index (χ1v) is 6.48. The van der Waals surface area contributed by atoms with Crippen LogP contribution < -0.4 is 5.32 Å². The first kappa shape index (κ1) is 15.3. The number of carbonyl (C=O) groups is 1. The molecule has 0 saturated heterocycles. The molecule has 0 aliphatic rings. The van der Waals surface area contributed by atoms with Gasteiger partial charge in [0.05, 0.1) is 0 Å². The van der Waals surface area contributed by atoms with Crippen LogP contribution in [0.1, 0.15) is 42.1 Å². The summed E-state index contributed by atoms with van der Waals surface area (Å²) in [4.78, 5) is 15.9. The Morgan fingerprint density at radius 2 is 2.10 bits per heavy atom. The Morgan fingerprint density at radius 3 is 2.67 bits per heavy atom. The highest BCUT2D eigenvalue weighted by Crippen LogP contribution is 2.29. The molecule has 1 atom stereocenters. The number of aryl methyl sites for hydroxylation is 1. The summed E-state index contributed by atoms with van der Waals surface area (Å²) in [6.45, 7) is 5.15. The predicted octanol–water partition coefficient (Wildman–Crippen LogP) is 2.58. The van der Waals surface area contributed by atoms with E-state index in [0.29, 0.717) is 10.9 Å². The molecule has 1 N–H and O–H groups in total. The monoisotopic (exact) mass is 300 g/mol. The molecule has 21 heavy (non-hydrogen) atoms. The molecule has 0 aliphatic carbocycles. The largest absolute Gasteiger partial charge is 0.433 e. The molecule has 0 radical (unpaired) electrons. The van der Waals surface area contributed by atoms with Crippen molar-refractivity contribution >= 4 is 11.6 Å². The molecule has 2 aromatic rings. The van der Waals surface area contributed by atoms with Gasteiger partial charge in [-0.2, -0.15) is 18.3 Å². The van der Waals surface area contributed by atoms with Crippen molar-refractivity contribution in [2.75, 3.05) is 0 Å². The third-order valence-electron chi connectivity index (χ3n) is 3.07. The van der Waals surface area contributed by atoms with Crippen LogP contribution in [0.2, 0.25) is 0 Å². The molecule has 0 bridgehead atoms. The fourth-order valence-electron chi connectivity index (χ4n) is 1.81. The van der Waals surface area contributed by atoms with E-state index in [1.165, 1.54) is 13.0 Å². The number of fused-ring (bicyclic) bond motifs is 1. The van der Waals surface area contributed by atoms with Crippen molar-refractivity contribution < 1.29 is 18.0 Å². The second-order valence-corrected chi connectivity index (χ2v) is 4.86. The molecule has 1 amide bonds. The molecule has 1 unspecified atom stereocenters. The van der Waals surface area contributed by atoms with Crippen LogP contribution in [-0.4, -0.2) is 26.5 Å². The number of carbonyl (C=O) groups excluding carboxylic acids is 1. The Hall–Kier alpha value is -2.12. The van der Waals surface area contributed by atoms with E-state index in [-0.39, 0.29) is 23.1 Å². The van der Waals surface area contributed by atoms with Crippen molar-refractivity contribution in [1.29, 1.82) is 0 Å². The van der Waals surface area contributed by atoms with Crippen molar-refractivity contribution in [3.05, 3.63) is 29.2 Å². The minimum atomic E-state index is -4.57. The summed E-state index contributed by atoms with van der Waals surface area (Å²) in [5.41, 5.74) is -0.827. The third-order valence-corrected chi connectivity index (χ3v) is 3.07. The van der Waals surface area contributed by atoms with E-state index in [1.54, 1.807) is 6.92 Å². The van der Waals surface area contributed by atoms with E-state index in [0.717, 1.165) is 6.07 Å². The van der Waals surface area contributed by atoms with Gasteiger partial charge in [-0.15, -0.1) is 0 Å². The molecule has 0 aromatic carbocycles. The number of nitrogens with one attached hydrogen (secondary N) is 1. The Bertz CT molecular complexity index is 678. The predicted molar refractivity (Wildman–Crippen MR) is 69.9 cm³/mol. The van der Waals surface area contributed by atoms with Gasteiger partial charge in [0.2, 0.25) is 0 Å². The van der Waals surface area contributed by atoms with E-state index in [4.69, 9.17) is 0 Å². The molecule has 8 heteroatoms. The van der Waals surface area contributed by atoms with E-state index >= 15 is 0 Å². The maximum atomic E-state index is 13.0. The second-order valence-electron chi connectivity index (χ2n) is 4.86. The fraction of sp³-hybridized carbons (Fsp3) is 0.462. The Kier molecular flexibility index (Phi) is 3.89. The summed E-state index contributed by atoms with van der Waals surface area (Å²) in [5, 5.41) is 6.39. The standard InChI is InChI=1S/C13H15F3N4O/c1-4-7(2)18-12(21)9-6-11-17-8(3)5-10(13(14,15)16)20(11)19-9/h5-7H,4H2,1-3H3,(H,18,21). The number of rotatable bonds is 3. The van der Waals surface area contributed by atoms with E-state index in [9.17, 15) is 18.0 Å². The molecule has 2 rings (SSSR count). The first-order valence-electron chi connectivity index (χ1n) is 6.48. The molecular weight excluding hydrogens is 285 g/mol. The maximum Gasteiger partial charge on any atom is 0.433 e. The molecule has 2 aromatic heterocycles. The second kappa shape index (κ2) is 5.34. The number of nitrogens with zero attached hydrogens (tertiary/aromatic N) is 3. The molecular formula is C13H15F3N4O. The average Bonchev–Trinajstić information content (AvgIpc) is 2.79.